The molecule has 4 nitrogen and oxygen atoms in total. The van der Waals surface area contributed by atoms with Gasteiger partial charge in [-0.25, -0.2) is 0 Å². The maximum atomic E-state index is 9.19. The molecule has 1 N–H and O–H groups in total. The van der Waals surface area contributed by atoms with Crippen molar-refractivity contribution in [1.29, 1.82) is 5.26 Å². The average molecular weight is 308 g/mol. The first kappa shape index (κ1) is 10.3. The zero-order chi connectivity index (χ0) is 5.21. The molecule has 0 aromatic rings. The van der Waals surface area contributed by atoms with Crippen LogP contribution in [-0.2, 0) is 37.8 Å². The molecule has 0 aliphatic rings. The second-order valence-electron chi connectivity index (χ2n) is 0.566. The van der Waals surface area contributed by atoms with Crippen molar-refractivity contribution in [3.8, 4) is 5.40 Å². The van der Waals surface area contributed by atoms with Crippen LogP contribution in [0.25, 0.3) is 0 Å². The van der Waals surface area contributed by atoms with Gasteiger partial charge in [-0.3, -0.25) is 4.55 Å². The fourth-order valence-corrected chi connectivity index (χ4v) is 0. The summed E-state index contributed by atoms with van der Waals surface area (Å²) in [7, 11) is -4.36. The first-order valence-corrected chi connectivity index (χ1v) is 2.38. The van der Waals surface area contributed by atoms with Gasteiger partial charge in [0.25, 0.3) is 0 Å². The molecular formula is CHHgNO3S+2. The Balaban J connectivity index is 0. The van der Waals surface area contributed by atoms with Crippen molar-refractivity contribution in [2.24, 2.45) is 0 Å². The molecule has 0 radical (unpaired) electrons. The van der Waals surface area contributed by atoms with Gasteiger partial charge in [0.2, 0.25) is 5.40 Å². The van der Waals surface area contributed by atoms with E-state index >= 15 is 0 Å². The molecule has 0 heterocycles. The van der Waals surface area contributed by atoms with Crippen molar-refractivity contribution in [3.63, 3.8) is 0 Å². The zero-order valence-electron chi connectivity index (χ0n) is 3.33. The van der Waals surface area contributed by atoms with E-state index in [1.807, 2.05) is 0 Å². The predicted octanol–water partition coefficient (Wildman–Crippen LogP) is -0.647. The summed E-state index contributed by atoms with van der Waals surface area (Å²) in [6.45, 7) is 0. The van der Waals surface area contributed by atoms with Crippen molar-refractivity contribution in [2.45, 2.75) is 0 Å². The van der Waals surface area contributed by atoms with Crippen LogP contribution in [0, 0.1) is 10.7 Å². The van der Waals surface area contributed by atoms with Crippen molar-refractivity contribution >= 4 is 10.1 Å². The van der Waals surface area contributed by atoms with Gasteiger partial charge in [0.05, 0.1) is 0 Å². The van der Waals surface area contributed by atoms with E-state index in [0.29, 0.717) is 5.40 Å². The molecule has 0 fully saturated rings. The fourth-order valence-electron chi connectivity index (χ4n) is 0. The third kappa shape index (κ3) is 10.7. The molecule has 0 aromatic carbocycles. The van der Waals surface area contributed by atoms with Gasteiger partial charge in [-0.15, -0.1) is 0 Å². The van der Waals surface area contributed by atoms with Gasteiger partial charge in [0.1, 0.15) is 0 Å². The van der Waals surface area contributed by atoms with Crippen molar-refractivity contribution in [2.75, 3.05) is 0 Å². The largest absolute Gasteiger partial charge is 2.00 e. The standard InChI is InChI=1S/CHNO3S.Hg/c2-1-6(3,4)5;/h(H,3,4,5);/q;+2. The van der Waals surface area contributed by atoms with Gasteiger partial charge >= 0.3 is 37.8 Å². The Labute approximate surface area is 61.4 Å². The van der Waals surface area contributed by atoms with Crippen LogP contribution < -0.4 is 0 Å². The smallest absolute Gasteiger partial charge is 0.274 e. The molecule has 0 rings (SSSR count). The normalized spacial score (nSPS) is 8.57. The maximum Gasteiger partial charge on any atom is 2.00 e. The Morgan fingerprint density at radius 1 is 1.57 bits per heavy atom. The third-order valence-electron chi connectivity index (χ3n) is 0.115. The molecule has 0 saturated heterocycles. The van der Waals surface area contributed by atoms with E-state index in [1.54, 1.807) is 0 Å². The molecule has 6 heteroatoms. The number of hydrogen-bond donors (Lipinski definition) is 1. The number of nitrogens with zero attached hydrogens (tertiary/aromatic N) is 1. The van der Waals surface area contributed by atoms with E-state index in [0.717, 1.165) is 0 Å². The first-order chi connectivity index (χ1) is 2.56. The van der Waals surface area contributed by atoms with Crippen LogP contribution in [0.15, 0.2) is 0 Å². The van der Waals surface area contributed by atoms with E-state index in [1.165, 1.54) is 0 Å². The predicted molar refractivity (Wildman–Crippen MR) is 17.2 cm³/mol. The topological polar surface area (TPSA) is 78.2 Å². The minimum absolute atomic E-state index is 0. The minimum Gasteiger partial charge on any atom is -0.274 e. The fraction of sp³-hybridized carbons (Fsp3) is 0. The van der Waals surface area contributed by atoms with E-state index in [4.69, 9.17) is 9.81 Å². The van der Waals surface area contributed by atoms with Gasteiger partial charge in [0, 0.05) is 0 Å². The summed E-state index contributed by atoms with van der Waals surface area (Å²) in [5, 5.41) is 7.95. The quantitative estimate of drug-likeness (QED) is 0.279. The summed E-state index contributed by atoms with van der Waals surface area (Å²) in [5.74, 6) is 0. The molecule has 0 aliphatic carbocycles. The van der Waals surface area contributed by atoms with Crippen LogP contribution in [0.4, 0.5) is 0 Å². The Hall–Kier alpha value is 0.335. The van der Waals surface area contributed by atoms with Crippen LogP contribution in [0.5, 0.6) is 0 Å². The number of thiocyanates is 1. The van der Waals surface area contributed by atoms with Gasteiger partial charge in [-0.05, 0) is 0 Å². The second kappa shape index (κ2) is 3.35. The zero-order valence-corrected chi connectivity index (χ0v) is 9.64. The molecule has 34 valence electrons. The number of rotatable bonds is 0. The summed E-state index contributed by atoms with van der Waals surface area (Å²) >= 11 is 0. The van der Waals surface area contributed by atoms with Crippen molar-refractivity contribution in [3.05, 3.63) is 0 Å². The molecular weight excluding hydrogens is 307 g/mol. The van der Waals surface area contributed by atoms with Gasteiger partial charge in [-0.2, -0.15) is 13.7 Å². The van der Waals surface area contributed by atoms with Crippen molar-refractivity contribution < 1.29 is 40.6 Å². The van der Waals surface area contributed by atoms with Crippen LogP contribution in [-0.4, -0.2) is 13.0 Å². The van der Waals surface area contributed by atoms with Crippen molar-refractivity contribution in [1.82, 2.24) is 0 Å². The van der Waals surface area contributed by atoms with E-state index in [-0.39, 0.29) is 27.7 Å². The summed E-state index contributed by atoms with van der Waals surface area (Å²) in [6, 6.07) is 0. The maximum absolute atomic E-state index is 9.19. The monoisotopic (exact) mass is 309 g/mol. The Morgan fingerprint density at radius 3 is 1.71 bits per heavy atom. The molecule has 0 saturated carbocycles. The third-order valence-corrected chi connectivity index (χ3v) is 0.346. The summed E-state index contributed by atoms with van der Waals surface area (Å²) in [5.41, 5.74) is 0. The Kier molecular flexibility index (Phi) is 4.95. The molecule has 0 amide bonds. The van der Waals surface area contributed by atoms with E-state index < -0.39 is 10.1 Å². The SMILES string of the molecule is N#CS(=O)(=O)O.[Hg+2]. The molecule has 0 aliphatic heterocycles. The molecule has 0 unspecified atom stereocenters. The molecule has 0 atom stereocenters. The van der Waals surface area contributed by atoms with Crippen LogP contribution in [0.3, 0.4) is 0 Å². The van der Waals surface area contributed by atoms with Gasteiger partial charge in [0.15, 0.2) is 0 Å². The van der Waals surface area contributed by atoms with Gasteiger partial charge < -0.3 is 0 Å². The first-order valence-electron chi connectivity index (χ1n) is 0.944. The summed E-state index contributed by atoms with van der Waals surface area (Å²) in [4.78, 5) is 0. The summed E-state index contributed by atoms with van der Waals surface area (Å²) in [6.07, 6.45) is 0. The van der Waals surface area contributed by atoms with Crippen LogP contribution in [0.2, 0.25) is 0 Å². The second-order valence-corrected chi connectivity index (χ2v) is 1.70. The van der Waals surface area contributed by atoms with E-state index in [2.05, 4.69) is 0 Å². The molecule has 7 heavy (non-hydrogen) atoms. The van der Waals surface area contributed by atoms with Gasteiger partial charge in [-0.1, -0.05) is 0 Å². The molecule has 0 spiro atoms. The van der Waals surface area contributed by atoms with Crippen LogP contribution >= 0.6 is 0 Å². The molecule has 0 bridgehead atoms. The minimum atomic E-state index is -4.36. The number of nitriles is 1. The Morgan fingerprint density at radius 2 is 1.71 bits per heavy atom. The average Bonchev–Trinajstić information content (AvgIpc) is 1.35. The molecule has 0 aromatic heterocycles. The Bertz CT molecular complexity index is 164. The number of hydrogen-bond acceptors (Lipinski definition) is 3. The van der Waals surface area contributed by atoms with Crippen LogP contribution in [0.1, 0.15) is 0 Å². The van der Waals surface area contributed by atoms with E-state index in [9.17, 15) is 8.42 Å². The summed E-state index contributed by atoms with van der Waals surface area (Å²) < 4.78 is 25.8.